The van der Waals surface area contributed by atoms with E-state index < -0.39 is 41.7 Å². The van der Waals surface area contributed by atoms with Crippen LogP contribution in [-0.2, 0) is 13.2 Å². The Bertz CT molecular complexity index is 1520. The van der Waals surface area contributed by atoms with Crippen LogP contribution in [-0.4, -0.2) is 50.0 Å². The van der Waals surface area contributed by atoms with Gasteiger partial charge in [0.05, 0.1) is 22.5 Å². The lowest BCUT2D eigenvalue weighted by Crippen LogP contribution is -2.22. The monoisotopic (exact) mass is 610 g/mol. The molecule has 3 aromatic rings. The molecule has 0 bridgehead atoms. The van der Waals surface area contributed by atoms with Gasteiger partial charge < -0.3 is 15.2 Å². The number of Topliss-reactive ketones (excluding diaryl/α,β-unsaturated/α-hetero) is 1. The number of carbonyl (C=O) groups excluding carboxylic acids is 2. The summed E-state index contributed by atoms with van der Waals surface area (Å²) in [7, 11) is 1.32. The number of anilines is 1. The molecule has 2 atom stereocenters. The third kappa shape index (κ3) is 6.99. The highest BCUT2D eigenvalue weighted by molar-refractivity contribution is 6.34. The molecular weight excluding hydrogens is 583 g/mol. The van der Waals surface area contributed by atoms with Crippen LogP contribution in [0.1, 0.15) is 65.3 Å². The van der Waals surface area contributed by atoms with Crippen molar-refractivity contribution in [2.24, 2.45) is 13.0 Å². The van der Waals surface area contributed by atoms with Crippen molar-refractivity contribution >= 4 is 29.0 Å². The minimum Gasteiger partial charge on any atom is -0.323 e. The van der Waals surface area contributed by atoms with E-state index in [2.05, 4.69) is 26.6 Å². The van der Waals surface area contributed by atoms with Gasteiger partial charge in [0.2, 0.25) is 0 Å². The SMILES string of the molecule is C#CCCNCC(C)CCC(=O)c1ccc(NC(=O)c2ncc(-c3cn(C4CC4(F)F)nc3C(F)(F)F)n2C)cc1Cl. The molecule has 0 aliphatic heterocycles. The molecule has 1 saturated carbocycles. The number of rotatable bonds is 12. The van der Waals surface area contributed by atoms with Gasteiger partial charge in [-0.25, -0.2) is 13.8 Å². The van der Waals surface area contributed by atoms with Crippen molar-refractivity contribution in [1.82, 2.24) is 24.6 Å². The molecule has 4 rings (SSSR count). The van der Waals surface area contributed by atoms with Gasteiger partial charge >= 0.3 is 6.18 Å². The molecule has 0 spiro atoms. The molecule has 14 heteroatoms. The lowest BCUT2D eigenvalue weighted by molar-refractivity contribution is -0.141. The van der Waals surface area contributed by atoms with Gasteiger partial charge in [0.15, 0.2) is 17.3 Å². The fraction of sp³-hybridized carbons (Fsp3) is 0.429. The van der Waals surface area contributed by atoms with Crippen LogP contribution in [0.25, 0.3) is 11.3 Å². The summed E-state index contributed by atoms with van der Waals surface area (Å²) in [5, 5.41) is 9.28. The standard InChI is InChI=1S/C28H28ClF5N6O2/c1-4-5-10-35-13-16(2)6-9-22(41)18-8-7-17(11-20(18)29)37-26(42)25-36-14-21(39(25)3)19-15-40(23-12-27(23,30)31)38-24(19)28(32,33)34/h1,7-8,11,14-16,23,35H,5-6,9-10,12-13H2,2-3H3,(H,37,42). The van der Waals surface area contributed by atoms with Crippen LogP contribution in [0.2, 0.25) is 5.02 Å². The van der Waals surface area contributed by atoms with Crippen molar-refractivity contribution in [3.05, 3.63) is 52.7 Å². The highest BCUT2D eigenvalue weighted by atomic mass is 35.5. The van der Waals surface area contributed by atoms with Gasteiger partial charge in [-0.15, -0.1) is 12.3 Å². The Morgan fingerprint density at radius 2 is 2.02 bits per heavy atom. The molecule has 2 aromatic heterocycles. The predicted octanol–water partition coefficient (Wildman–Crippen LogP) is 6.00. The lowest BCUT2D eigenvalue weighted by atomic mass is 9.99. The molecule has 224 valence electrons. The Morgan fingerprint density at radius 3 is 2.64 bits per heavy atom. The van der Waals surface area contributed by atoms with Gasteiger partial charge in [-0.1, -0.05) is 18.5 Å². The van der Waals surface area contributed by atoms with E-state index in [1.807, 2.05) is 6.92 Å². The maximum absolute atomic E-state index is 13.7. The van der Waals surface area contributed by atoms with Gasteiger partial charge in [-0.05, 0) is 37.1 Å². The fourth-order valence-corrected chi connectivity index (χ4v) is 4.72. The van der Waals surface area contributed by atoms with Crippen molar-refractivity contribution in [3.8, 4) is 23.6 Å². The fourth-order valence-electron chi connectivity index (χ4n) is 4.43. The smallest absolute Gasteiger partial charge is 0.323 e. The summed E-state index contributed by atoms with van der Waals surface area (Å²) in [5.74, 6) is -1.52. The largest absolute Gasteiger partial charge is 0.435 e. The van der Waals surface area contributed by atoms with Gasteiger partial charge in [0, 0.05) is 50.3 Å². The van der Waals surface area contributed by atoms with Crippen LogP contribution in [0.15, 0.2) is 30.6 Å². The molecule has 1 amide bonds. The molecule has 2 heterocycles. The summed E-state index contributed by atoms with van der Waals surface area (Å²) in [6.45, 7) is 3.44. The number of aromatic nitrogens is 4. The zero-order chi connectivity index (χ0) is 30.8. The van der Waals surface area contributed by atoms with Crippen LogP contribution in [0.3, 0.4) is 0 Å². The highest BCUT2D eigenvalue weighted by Gasteiger charge is 2.59. The van der Waals surface area contributed by atoms with Crippen molar-refractivity contribution in [2.75, 3.05) is 18.4 Å². The van der Waals surface area contributed by atoms with Gasteiger partial charge in [0.1, 0.15) is 6.04 Å². The van der Waals surface area contributed by atoms with Gasteiger partial charge in [-0.2, -0.15) is 18.3 Å². The van der Waals surface area contributed by atoms with Crippen molar-refractivity contribution < 1.29 is 31.5 Å². The van der Waals surface area contributed by atoms with Crippen LogP contribution in [0.5, 0.6) is 0 Å². The Balaban J connectivity index is 1.44. The third-order valence-electron chi connectivity index (χ3n) is 6.91. The molecule has 0 saturated heterocycles. The van der Waals surface area contributed by atoms with E-state index >= 15 is 0 Å². The number of alkyl halides is 5. The quantitative estimate of drug-likeness (QED) is 0.114. The molecule has 1 aromatic carbocycles. The van der Waals surface area contributed by atoms with E-state index in [-0.39, 0.29) is 40.4 Å². The summed E-state index contributed by atoms with van der Waals surface area (Å²) < 4.78 is 69.8. The second-order valence-corrected chi connectivity index (χ2v) is 10.7. The molecule has 2 N–H and O–H groups in total. The number of nitrogens with zero attached hydrogens (tertiary/aromatic N) is 4. The van der Waals surface area contributed by atoms with Crippen LogP contribution < -0.4 is 10.6 Å². The Labute approximate surface area is 243 Å². The third-order valence-corrected chi connectivity index (χ3v) is 7.22. The summed E-state index contributed by atoms with van der Waals surface area (Å²) in [6, 6.07) is 2.89. The first-order chi connectivity index (χ1) is 19.7. The molecule has 1 aliphatic rings. The molecule has 1 fully saturated rings. The van der Waals surface area contributed by atoms with Crippen molar-refractivity contribution in [1.29, 1.82) is 0 Å². The minimum absolute atomic E-state index is 0.122. The van der Waals surface area contributed by atoms with E-state index in [0.717, 1.165) is 23.5 Å². The summed E-state index contributed by atoms with van der Waals surface area (Å²) in [4.78, 5) is 29.6. The Kier molecular flexibility index (Phi) is 9.08. The maximum Gasteiger partial charge on any atom is 0.435 e. The lowest BCUT2D eigenvalue weighted by Gasteiger charge is -2.12. The first-order valence-electron chi connectivity index (χ1n) is 13.1. The molecular formula is C28H28ClF5N6O2. The number of imidazole rings is 1. The van der Waals surface area contributed by atoms with Crippen molar-refractivity contribution in [3.63, 3.8) is 0 Å². The molecule has 42 heavy (non-hydrogen) atoms. The number of hydrogen-bond donors (Lipinski definition) is 2. The van der Waals surface area contributed by atoms with E-state index in [9.17, 15) is 31.5 Å². The van der Waals surface area contributed by atoms with Gasteiger partial charge in [0.25, 0.3) is 11.8 Å². The molecule has 2 unspecified atom stereocenters. The zero-order valence-electron chi connectivity index (χ0n) is 22.7. The number of terminal acetylenes is 1. The first kappa shape index (κ1) is 31.2. The van der Waals surface area contributed by atoms with Crippen LogP contribution in [0.4, 0.5) is 27.6 Å². The number of carbonyl (C=O) groups is 2. The molecule has 8 nitrogen and oxygen atoms in total. The average molecular weight is 611 g/mol. The van der Waals surface area contributed by atoms with Gasteiger partial charge in [-0.3, -0.25) is 14.3 Å². The Morgan fingerprint density at radius 1 is 1.31 bits per heavy atom. The summed E-state index contributed by atoms with van der Waals surface area (Å²) >= 11 is 6.32. The van der Waals surface area contributed by atoms with E-state index in [0.29, 0.717) is 29.6 Å². The average Bonchev–Trinajstić information content (AvgIpc) is 3.21. The van der Waals surface area contributed by atoms with Crippen molar-refractivity contribution in [2.45, 2.75) is 50.7 Å². The number of halogens is 6. The summed E-state index contributed by atoms with van der Waals surface area (Å²) in [6.07, 6.45) is 3.15. The highest BCUT2D eigenvalue weighted by Crippen LogP contribution is 2.53. The number of amides is 1. The van der Waals surface area contributed by atoms with E-state index in [1.54, 1.807) is 0 Å². The Hall–Kier alpha value is -3.76. The first-order valence-corrected chi connectivity index (χ1v) is 13.4. The number of benzene rings is 1. The summed E-state index contributed by atoms with van der Waals surface area (Å²) in [5.41, 5.74) is -1.46. The van der Waals surface area contributed by atoms with E-state index in [1.165, 1.54) is 25.2 Å². The second-order valence-electron chi connectivity index (χ2n) is 10.3. The number of hydrogen-bond acceptors (Lipinski definition) is 5. The van der Waals surface area contributed by atoms with Crippen LogP contribution >= 0.6 is 11.6 Å². The topological polar surface area (TPSA) is 93.8 Å². The minimum atomic E-state index is -4.93. The maximum atomic E-state index is 13.7. The zero-order valence-corrected chi connectivity index (χ0v) is 23.5. The molecule has 0 radical (unpaired) electrons. The van der Waals surface area contributed by atoms with Crippen LogP contribution in [0, 0.1) is 18.3 Å². The normalized spacial score (nSPS) is 16.6. The predicted molar refractivity (Wildman–Crippen MR) is 146 cm³/mol. The number of nitrogens with one attached hydrogen (secondary N) is 2. The number of ketones is 1. The second kappa shape index (κ2) is 12.2. The van der Waals surface area contributed by atoms with E-state index in [4.69, 9.17) is 18.0 Å². The molecule has 1 aliphatic carbocycles.